The Morgan fingerprint density at radius 2 is 2.11 bits per heavy atom. The van der Waals surface area contributed by atoms with Gasteiger partial charge in [0.25, 0.3) is 0 Å². The van der Waals surface area contributed by atoms with E-state index in [2.05, 4.69) is 0 Å². The Kier molecular flexibility index (Phi) is 3.94. The lowest BCUT2D eigenvalue weighted by Gasteiger charge is -2.09. The standard InChI is InChI=1S/C14H18O4S/c1-2-6-19(17,18)13-5-3-4-11-7-10(8-12(11)13)9-14(15)16/h3-5,10H,2,6-9H2,1H3,(H,15,16). The van der Waals surface area contributed by atoms with E-state index in [0.29, 0.717) is 24.2 Å². The lowest BCUT2D eigenvalue weighted by Crippen LogP contribution is -2.10. The van der Waals surface area contributed by atoms with Crippen molar-refractivity contribution in [3.63, 3.8) is 0 Å². The van der Waals surface area contributed by atoms with E-state index in [4.69, 9.17) is 5.11 Å². The van der Waals surface area contributed by atoms with Crippen molar-refractivity contribution < 1.29 is 18.3 Å². The maximum absolute atomic E-state index is 12.2. The van der Waals surface area contributed by atoms with Crippen molar-refractivity contribution in [3.8, 4) is 0 Å². The summed E-state index contributed by atoms with van der Waals surface area (Å²) in [6.07, 6.45) is 1.91. The number of carbonyl (C=O) groups is 1. The maximum atomic E-state index is 12.2. The van der Waals surface area contributed by atoms with Gasteiger partial charge in [-0.25, -0.2) is 8.42 Å². The first-order valence-corrected chi connectivity index (χ1v) is 8.14. The predicted octanol–water partition coefficient (Wildman–Crippen LogP) is 2.06. The molecule has 0 saturated carbocycles. The average molecular weight is 282 g/mol. The minimum atomic E-state index is -3.23. The minimum Gasteiger partial charge on any atom is -0.481 e. The molecule has 0 aromatic heterocycles. The van der Waals surface area contributed by atoms with Crippen molar-refractivity contribution in [2.75, 3.05) is 5.75 Å². The van der Waals surface area contributed by atoms with E-state index in [1.54, 1.807) is 12.1 Å². The van der Waals surface area contributed by atoms with Gasteiger partial charge in [0.1, 0.15) is 0 Å². The highest BCUT2D eigenvalue weighted by molar-refractivity contribution is 7.91. The normalized spacial score (nSPS) is 18.3. The monoisotopic (exact) mass is 282 g/mol. The zero-order valence-electron chi connectivity index (χ0n) is 10.9. The molecule has 0 heterocycles. The summed E-state index contributed by atoms with van der Waals surface area (Å²) in [7, 11) is -3.23. The molecule has 1 atom stereocenters. The summed E-state index contributed by atoms with van der Waals surface area (Å²) < 4.78 is 24.4. The molecule has 1 N–H and O–H groups in total. The molecule has 1 aliphatic carbocycles. The smallest absolute Gasteiger partial charge is 0.303 e. The molecule has 2 rings (SSSR count). The van der Waals surface area contributed by atoms with Crippen LogP contribution in [-0.2, 0) is 27.5 Å². The molecule has 0 bridgehead atoms. The highest BCUT2D eigenvalue weighted by Crippen LogP contribution is 2.33. The SMILES string of the molecule is CCCS(=O)(=O)c1cccc2c1CC(CC(=O)O)C2. The van der Waals surface area contributed by atoms with Crippen LogP contribution in [0.5, 0.6) is 0 Å². The van der Waals surface area contributed by atoms with E-state index in [1.165, 1.54) is 0 Å². The maximum Gasteiger partial charge on any atom is 0.303 e. The average Bonchev–Trinajstić information content (AvgIpc) is 2.69. The molecular weight excluding hydrogens is 264 g/mol. The van der Waals surface area contributed by atoms with Crippen molar-refractivity contribution in [2.45, 2.75) is 37.5 Å². The highest BCUT2D eigenvalue weighted by Gasteiger charge is 2.29. The third-order valence-corrected chi connectivity index (χ3v) is 5.50. The number of carboxylic acids is 1. The van der Waals surface area contributed by atoms with Crippen LogP contribution in [0.1, 0.15) is 30.9 Å². The second-order valence-electron chi connectivity index (χ2n) is 5.08. The lowest BCUT2D eigenvalue weighted by molar-refractivity contribution is -0.138. The molecule has 0 amide bonds. The van der Waals surface area contributed by atoms with Gasteiger partial charge in [0, 0.05) is 6.42 Å². The van der Waals surface area contributed by atoms with E-state index >= 15 is 0 Å². The van der Waals surface area contributed by atoms with Gasteiger partial charge in [0.15, 0.2) is 9.84 Å². The van der Waals surface area contributed by atoms with Gasteiger partial charge in [-0.3, -0.25) is 4.79 Å². The Bertz CT molecular complexity index is 589. The first-order valence-electron chi connectivity index (χ1n) is 6.49. The molecule has 5 heteroatoms. The number of fused-ring (bicyclic) bond motifs is 1. The molecule has 0 spiro atoms. The van der Waals surface area contributed by atoms with Gasteiger partial charge in [0.2, 0.25) is 0 Å². The van der Waals surface area contributed by atoms with E-state index in [-0.39, 0.29) is 18.1 Å². The Morgan fingerprint density at radius 3 is 2.74 bits per heavy atom. The number of benzene rings is 1. The zero-order valence-corrected chi connectivity index (χ0v) is 11.7. The fraction of sp³-hybridized carbons (Fsp3) is 0.500. The van der Waals surface area contributed by atoms with Gasteiger partial charge < -0.3 is 5.11 Å². The molecule has 1 unspecified atom stereocenters. The molecule has 1 aromatic rings. The fourth-order valence-electron chi connectivity index (χ4n) is 2.77. The Hall–Kier alpha value is -1.36. The first kappa shape index (κ1) is 14.1. The minimum absolute atomic E-state index is 0.0190. The molecule has 104 valence electrons. The predicted molar refractivity (Wildman–Crippen MR) is 71.9 cm³/mol. The topological polar surface area (TPSA) is 71.4 Å². The largest absolute Gasteiger partial charge is 0.481 e. The Balaban J connectivity index is 2.33. The molecular formula is C14H18O4S. The quantitative estimate of drug-likeness (QED) is 0.897. The van der Waals surface area contributed by atoms with Crippen molar-refractivity contribution in [3.05, 3.63) is 29.3 Å². The van der Waals surface area contributed by atoms with Crippen LogP contribution in [0, 0.1) is 5.92 Å². The molecule has 0 fully saturated rings. The number of hydrogen-bond acceptors (Lipinski definition) is 3. The number of aliphatic carboxylic acids is 1. The number of sulfone groups is 1. The van der Waals surface area contributed by atoms with Gasteiger partial charge in [-0.05, 0) is 42.4 Å². The van der Waals surface area contributed by atoms with Gasteiger partial charge in [-0.2, -0.15) is 0 Å². The summed E-state index contributed by atoms with van der Waals surface area (Å²) in [4.78, 5) is 11.2. The molecule has 4 nitrogen and oxygen atoms in total. The lowest BCUT2D eigenvalue weighted by atomic mass is 10.0. The van der Waals surface area contributed by atoms with Crippen LogP contribution >= 0.6 is 0 Å². The third-order valence-electron chi connectivity index (χ3n) is 3.50. The molecule has 0 radical (unpaired) electrons. The van der Waals surface area contributed by atoms with Crippen LogP contribution in [0.4, 0.5) is 0 Å². The van der Waals surface area contributed by atoms with E-state index in [0.717, 1.165) is 11.1 Å². The molecule has 19 heavy (non-hydrogen) atoms. The van der Waals surface area contributed by atoms with Crippen molar-refractivity contribution in [1.29, 1.82) is 0 Å². The highest BCUT2D eigenvalue weighted by atomic mass is 32.2. The Morgan fingerprint density at radius 1 is 1.37 bits per heavy atom. The number of carboxylic acid groups (broad SMARTS) is 1. The zero-order chi connectivity index (χ0) is 14.0. The Labute approximate surface area is 113 Å². The van der Waals surface area contributed by atoms with Crippen LogP contribution in [0.25, 0.3) is 0 Å². The van der Waals surface area contributed by atoms with Crippen LogP contribution in [-0.4, -0.2) is 25.2 Å². The first-order chi connectivity index (χ1) is 8.94. The summed E-state index contributed by atoms with van der Waals surface area (Å²) in [5, 5.41) is 8.85. The van der Waals surface area contributed by atoms with E-state index in [1.807, 2.05) is 13.0 Å². The summed E-state index contributed by atoms with van der Waals surface area (Å²) in [5.41, 5.74) is 1.82. The summed E-state index contributed by atoms with van der Waals surface area (Å²) in [5.74, 6) is -0.659. The van der Waals surface area contributed by atoms with Gasteiger partial charge >= 0.3 is 5.97 Å². The van der Waals surface area contributed by atoms with Crippen molar-refractivity contribution in [1.82, 2.24) is 0 Å². The van der Waals surface area contributed by atoms with Crippen molar-refractivity contribution in [2.24, 2.45) is 5.92 Å². The van der Waals surface area contributed by atoms with Crippen molar-refractivity contribution >= 4 is 15.8 Å². The molecule has 0 aliphatic heterocycles. The number of rotatable bonds is 5. The summed E-state index contributed by atoms with van der Waals surface area (Å²) >= 11 is 0. The van der Waals surface area contributed by atoms with Gasteiger partial charge in [0.05, 0.1) is 10.6 Å². The van der Waals surface area contributed by atoms with Gasteiger partial charge in [-0.15, -0.1) is 0 Å². The third kappa shape index (κ3) is 2.97. The fourth-order valence-corrected chi connectivity index (χ4v) is 4.40. The second kappa shape index (κ2) is 5.33. The van der Waals surface area contributed by atoms with Crippen LogP contribution in [0.3, 0.4) is 0 Å². The van der Waals surface area contributed by atoms with E-state index < -0.39 is 15.8 Å². The van der Waals surface area contributed by atoms with Crippen LogP contribution in [0.15, 0.2) is 23.1 Å². The van der Waals surface area contributed by atoms with Gasteiger partial charge in [-0.1, -0.05) is 19.1 Å². The van der Waals surface area contributed by atoms with E-state index in [9.17, 15) is 13.2 Å². The molecule has 1 aliphatic rings. The second-order valence-corrected chi connectivity index (χ2v) is 7.16. The molecule has 0 saturated heterocycles. The summed E-state index contributed by atoms with van der Waals surface area (Å²) in [6, 6.07) is 5.31. The number of hydrogen-bond donors (Lipinski definition) is 1. The van der Waals surface area contributed by atoms with Crippen LogP contribution < -0.4 is 0 Å². The summed E-state index contributed by atoms with van der Waals surface area (Å²) in [6.45, 7) is 1.84. The molecule has 1 aromatic carbocycles. The van der Waals surface area contributed by atoms with Crippen LogP contribution in [0.2, 0.25) is 0 Å².